The molecule has 0 aliphatic heterocycles. The molecule has 1 heterocycles. The third kappa shape index (κ3) is 2.65. The molecule has 0 saturated heterocycles. The van der Waals surface area contributed by atoms with Gasteiger partial charge >= 0.3 is 0 Å². The number of aryl methyl sites for hydroxylation is 2. The van der Waals surface area contributed by atoms with Crippen LogP contribution in [0.2, 0.25) is 0 Å². The third-order valence-corrected chi connectivity index (χ3v) is 4.13. The molecule has 0 radical (unpaired) electrons. The van der Waals surface area contributed by atoms with Crippen molar-refractivity contribution in [2.24, 2.45) is 11.8 Å². The van der Waals surface area contributed by atoms with Gasteiger partial charge in [-0.05, 0) is 38.2 Å². The summed E-state index contributed by atoms with van der Waals surface area (Å²) in [6, 6.07) is 1.99. The SMILES string of the molecule is CCc1cc(C(=O)C2CCC(C)CC2)n(CC)n1. The Morgan fingerprint density at radius 2 is 2.00 bits per heavy atom. The average molecular weight is 248 g/mol. The van der Waals surface area contributed by atoms with E-state index in [0.29, 0.717) is 5.78 Å². The van der Waals surface area contributed by atoms with E-state index < -0.39 is 0 Å². The Hall–Kier alpha value is -1.12. The van der Waals surface area contributed by atoms with Crippen molar-refractivity contribution in [2.45, 2.75) is 59.4 Å². The Balaban J connectivity index is 2.15. The zero-order valence-corrected chi connectivity index (χ0v) is 11.8. The van der Waals surface area contributed by atoms with Crippen LogP contribution >= 0.6 is 0 Å². The molecule has 3 nitrogen and oxygen atoms in total. The normalized spacial score (nSPS) is 24.2. The number of aromatic nitrogens is 2. The molecule has 1 aliphatic carbocycles. The number of Topliss-reactive ketones (excluding diaryl/α,β-unsaturated/α-hetero) is 1. The lowest BCUT2D eigenvalue weighted by Crippen LogP contribution is -2.23. The number of hydrogen-bond acceptors (Lipinski definition) is 2. The van der Waals surface area contributed by atoms with E-state index in [1.54, 1.807) is 0 Å². The maximum absolute atomic E-state index is 12.6. The summed E-state index contributed by atoms with van der Waals surface area (Å²) in [5.74, 6) is 1.33. The fourth-order valence-electron chi connectivity index (χ4n) is 2.81. The van der Waals surface area contributed by atoms with Crippen molar-refractivity contribution < 1.29 is 4.79 Å². The summed E-state index contributed by atoms with van der Waals surface area (Å²) in [6.45, 7) is 7.20. The molecule has 18 heavy (non-hydrogen) atoms. The second-order valence-electron chi connectivity index (χ2n) is 5.51. The van der Waals surface area contributed by atoms with Gasteiger partial charge in [-0.25, -0.2) is 0 Å². The van der Waals surface area contributed by atoms with E-state index in [1.807, 2.05) is 17.7 Å². The molecule has 1 aromatic rings. The maximum Gasteiger partial charge on any atom is 0.183 e. The molecule has 0 bridgehead atoms. The van der Waals surface area contributed by atoms with Crippen LogP contribution in [0.5, 0.6) is 0 Å². The first-order valence-electron chi connectivity index (χ1n) is 7.26. The molecule has 0 amide bonds. The third-order valence-electron chi connectivity index (χ3n) is 4.13. The maximum atomic E-state index is 12.6. The fourth-order valence-corrected chi connectivity index (χ4v) is 2.81. The number of nitrogens with zero attached hydrogens (tertiary/aromatic N) is 2. The van der Waals surface area contributed by atoms with E-state index in [0.717, 1.165) is 43.1 Å². The highest BCUT2D eigenvalue weighted by molar-refractivity contribution is 5.96. The quantitative estimate of drug-likeness (QED) is 0.765. The van der Waals surface area contributed by atoms with Crippen LogP contribution in [-0.4, -0.2) is 15.6 Å². The summed E-state index contributed by atoms with van der Waals surface area (Å²) in [7, 11) is 0. The summed E-state index contributed by atoms with van der Waals surface area (Å²) in [5.41, 5.74) is 1.86. The van der Waals surface area contributed by atoms with E-state index in [-0.39, 0.29) is 5.92 Å². The highest BCUT2D eigenvalue weighted by Crippen LogP contribution is 2.30. The Kier molecular flexibility index (Phi) is 4.20. The highest BCUT2D eigenvalue weighted by Gasteiger charge is 2.27. The number of carbonyl (C=O) groups excluding carboxylic acids is 1. The van der Waals surface area contributed by atoms with Crippen LogP contribution in [0, 0.1) is 11.8 Å². The van der Waals surface area contributed by atoms with Crippen LogP contribution in [0.1, 0.15) is 62.6 Å². The molecule has 0 spiro atoms. The van der Waals surface area contributed by atoms with Gasteiger partial charge in [0.25, 0.3) is 0 Å². The molecule has 0 aromatic carbocycles. The smallest absolute Gasteiger partial charge is 0.183 e. The van der Waals surface area contributed by atoms with Crippen LogP contribution in [0.25, 0.3) is 0 Å². The molecule has 1 fully saturated rings. The Morgan fingerprint density at radius 1 is 1.33 bits per heavy atom. The minimum Gasteiger partial charge on any atom is -0.292 e. The van der Waals surface area contributed by atoms with Gasteiger partial charge in [-0.2, -0.15) is 5.10 Å². The van der Waals surface area contributed by atoms with Crippen molar-refractivity contribution >= 4 is 5.78 Å². The largest absolute Gasteiger partial charge is 0.292 e. The van der Waals surface area contributed by atoms with Gasteiger partial charge in [0.1, 0.15) is 5.69 Å². The molecular weight excluding hydrogens is 224 g/mol. The Morgan fingerprint density at radius 3 is 2.56 bits per heavy atom. The van der Waals surface area contributed by atoms with Gasteiger partial charge in [0.05, 0.1) is 5.69 Å². The van der Waals surface area contributed by atoms with Crippen LogP contribution in [0.4, 0.5) is 0 Å². The van der Waals surface area contributed by atoms with E-state index in [2.05, 4.69) is 18.9 Å². The second-order valence-corrected chi connectivity index (χ2v) is 5.51. The first-order chi connectivity index (χ1) is 8.65. The van der Waals surface area contributed by atoms with Crippen LogP contribution in [-0.2, 0) is 13.0 Å². The molecule has 0 unspecified atom stereocenters. The van der Waals surface area contributed by atoms with Crippen LogP contribution in [0.15, 0.2) is 6.07 Å². The summed E-state index contributed by atoms with van der Waals surface area (Å²) >= 11 is 0. The Labute approximate surface area is 110 Å². The molecular formula is C15H24N2O. The summed E-state index contributed by atoms with van der Waals surface area (Å²) in [6.07, 6.45) is 5.39. The molecule has 1 aromatic heterocycles. The van der Waals surface area contributed by atoms with E-state index in [9.17, 15) is 4.79 Å². The molecule has 2 rings (SSSR count). The van der Waals surface area contributed by atoms with Crippen molar-refractivity contribution in [1.82, 2.24) is 9.78 Å². The standard InChI is InChI=1S/C15H24N2O/c1-4-13-10-14(17(5-2)16-13)15(18)12-8-6-11(3)7-9-12/h10-12H,4-9H2,1-3H3. The Bertz CT molecular complexity index is 414. The lowest BCUT2D eigenvalue weighted by molar-refractivity contribution is 0.0864. The van der Waals surface area contributed by atoms with Crippen molar-refractivity contribution in [2.75, 3.05) is 0 Å². The number of ketones is 1. The lowest BCUT2D eigenvalue weighted by Gasteiger charge is -2.25. The number of rotatable bonds is 4. The molecule has 0 N–H and O–H groups in total. The van der Waals surface area contributed by atoms with Crippen LogP contribution in [0.3, 0.4) is 0 Å². The van der Waals surface area contributed by atoms with Crippen molar-refractivity contribution in [1.29, 1.82) is 0 Å². The van der Waals surface area contributed by atoms with Crippen molar-refractivity contribution in [3.8, 4) is 0 Å². The van der Waals surface area contributed by atoms with Gasteiger partial charge in [-0.15, -0.1) is 0 Å². The van der Waals surface area contributed by atoms with E-state index >= 15 is 0 Å². The summed E-state index contributed by atoms with van der Waals surface area (Å²) < 4.78 is 1.87. The topological polar surface area (TPSA) is 34.9 Å². The van der Waals surface area contributed by atoms with E-state index in [4.69, 9.17) is 0 Å². The minimum absolute atomic E-state index is 0.230. The molecule has 0 atom stereocenters. The van der Waals surface area contributed by atoms with Crippen LogP contribution < -0.4 is 0 Å². The van der Waals surface area contributed by atoms with Gasteiger partial charge < -0.3 is 0 Å². The average Bonchev–Trinajstić information content (AvgIpc) is 2.82. The first-order valence-corrected chi connectivity index (χ1v) is 7.26. The fraction of sp³-hybridized carbons (Fsp3) is 0.733. The highest BCUT2D eigenvalue weighted by atomic mass is 16.1. The van der Waals surface area contributed by atoms with Crippen molar-refractivity contribution in [3.05, 3.63) is 17.5 Å². The second kappa shape index (κ2) is 5.68. The summed E-state index contributed by atoms with van der Waals surface area (Å²) in [4.78, 5) is 12.6. The van der Waals surface area contributed by atoms with E-state index in [1.165, 1.54) is 12.8 Å². The predicted molar refractivity (Wildman–Crippen MR) is 72.7 cm³/mol. The molecule has 1 aliphatic rings. The van der Waals surface area contributed by atoms with Gasteiger partial charge in [-0.3, -0.25) is 9.48 Å². The van der Waals surface area contributed by atoms with Gasteiger partial charge in [0.15, 0.2) is 5.78 Å². The minimum atomic E-state index is 0.230. The zero-order chi connectivity index (χ0) is 13.1. The molecule has 100 valence electrons. The van der Waals surface area contributed by atoms with Gasteiger partial charge in [0, 0.05) is 12.5 Å². The van der Waals surface area contributed by atoms with Crippen molar-refractivity contribution in [3.63, 3.8) is 0 Å². The monoisotopic (exact) mass is 248 g/mol. The number of hydrogen-bond donors (Lipinski definition) is 0. The van der Waals surface area contributed by atoms with Gasteiger partial charge in [0.2, 0.25) is 0 Å². The zero-order valence-electron chi connectivity index (χ0n) is 11.8. The predicted octanol–water partition coefficient (Wildman–Crippen LogP) is 3.47. The lowest BCUT2D eigenvalue weighted by atomic mass is 9.80. The molecule has 3 heteroatoms. The summed E-state index contributed by atoms with van der Waals surface area (Å²) in [5, 5.41) is 4.47. The van der Waals surface area contributed by atoms with Gasteiger partial charge in [-0.1, -0.05) is 26.7 Å². The molecule has 1 saturated carbocycles. The number of carbonyl (C=O) groups is 1. The first kappa shape index (κ1) is 13.3.